The van der Waals surface area contributed by atoms with Crippen molar-refractivity contribution in [2.24, 2.45) is 5.73 Å². The molecule has 1 aliphatic carbocycles. The second-order valence-corrected chi connectivity index (χ2v) is 7.02. The quantitative estimate of drug-likeness (QED) is 0.748. The van der Waals surface area contributed by atoms with E-state index in [0.717, 1.165) is 0 Å². The smallest absolute Gasteiger partial charge is 0.338 e. The molecule has 2 amide bonds. The maximum Gasteiger partial charge on any atom is 0.338 e. The van der Waals surface area contributed by atoms with Crippen molar-refractivity contribution in [3.8, 4) is 0 Å². The van der Waals surface area contributed by atoms with Crippen LogP contribution in [0.4, 0.5) is 5.69 Å². The van der Waals surface area contributed by atoms with Gasteiger partial charge in [-0.2, -0.15) is 0 Å². The normalized spacial score (nSPS) is 14.3. The van der Waals surface area contributed by atoms with Crippen molar-refractivity contribution < 1.29 is 19.1 Å². The average Bonchev–Trinajstić information content (AvgIpc) is 2.73. The van der Waals surface area contributed by atoms with Gasteiger partial charge in [-0.15, -0.1) is 0 Å². The largest absolute Gasteiger partial charge is 0.452 e. The van der Waals surface area contributed by atoms with Crippen LogP contribution in [0, 0.1) is 0 Å². The fraction of sp³-hybridized carbons (Fsp3) is 0.318. The molecule has 1 fully saturated rings. The van der Waals surface area contributed by atoms with E-state index in [1.165, 1.54) is 49.8 Å². The van der Waals surface area contributed by atoms with Crippen LogP contribution in [0.3, 0.4) is 0 Å². The van der Waals surface area contributed by atoms with E-state index in [1.807, 2.05) is 12.1 Å². The standard InChI is InChI=1S/C22H24N2O4/c23-21(26)17-10-12-19(13-11-17)24-20(25)14-28-22(27)18-8-6-16(7-9-18)15-4-2-1-3-5-15/h6-13,15H,1-5,14H2,(H2,23,26)(H,24,25). The summed E-state index contributed by atoms with van der Waals surface area (Å²) in [7, 11) is 0. The van der Waals surface area contributed by atoms with Gasteiger partial charge in [0.1, 0.15) is 0 Å². The third kappa shape index (κ3) is 5.19. The van der Waals surface area contributed by atoms with E-state index in [0.29, 0.717) is 22.7 Å². The molecule has 2 aromatic carbocycles. The van der Waals surface area contributed by atoms with Gasteiger partial charge in [-0.3, -0.25) is 9.59 Å². The summed E-state index contributed by atoms with van der Waals surface area (Å²) in [6.45, 7) is -0.388. The van der Waals surface area contributed by atoms with Crippen LogP contribution in [-0.4, -0.2) is 24.4 Å². The van der Waals surface area contributed by atoms with Gasteiger partial charge in [0.25, 0.3) is 5.91 Å². The Morgan fingerprint density at radius 1 is 0.893 bits per heavy atom. The van der Waals surface area contributed by atoms with Crippen LogP contribution in [0.1, 0.15) is 64.3 Å². The zero-order valence-electron chi connectivity index (χ0n) is 15.6. The number of nitrogens with one attached hydrogen (secondary N) is 1. The van der Waals surface area contributed by atoms with E-state index in [-0.39, 0.29) is 6.61 Å². The number of primary amides is 1. The van der Waals surface area contributed by atoms with E-state index < -0.39 is 17.8 Å². The van der Waals surface area contributed by atoms with E-state index in [2.05, 4.69) is 5.32 Å². The van der Waals surface area contributed by atoms with Crippen molar-refractivity contribution in [1.82, 2.24) is 0 Å². The SMILES string of the molecule is NC(=O)c1ccc(NC(=O)COC(=O)c2ccc(C3CCCCC3)cc2)cc1. The number of carbonyl (C=O) groups excluding carboxylic acids is 3. The number of benzene rings is 2. The molecule has 6 heteroatoms. The molecule has 146 valence electrons. The van der Waals surface area contributed by atoms with Gasteiger partial charge >= 0.3 is 5.97 Å². The Bertz CT molecular complexity index is 838. The summed E-state index contributed by atoms with van der Waals surface area (Å²) in [6.07, 6.45) is 6.22. The molecule has 0 bridgehead atoms. The summed E-state index contributed by atoms with van der Waals surface area (Å²) in [5.74, 6) is -0.958. The molecule has 6 nitrogen and oxygen atoms in total. The van der Waals surface area contributed by atoms with Crippen molar-refractivity contribution in [2.45, 2.75) is 38.0 Å². The van der Waals surface area contributed by atoms with Gasteiger partial charge in [-0.1, -0.05) is 31.4 Å². The predicted molar refractivity (Wildman–Crippen MR) is 106 cm³/mol. The summed E-state index contributed by atoms with van der Waals surface area (Å²) in [6, 6.07) is 13.6. The van der Waals surface area contributed by atoms with Gasteiger partial charge in [0.15, 0.2) is 6.61 Å². The second kappa shape index (κ2) is 9.17. The summed E-state index contributed by atoms with van der Waals surface area (Å²) >= 11 is 0. The first-order valence-corrected chi connectivity index (χ1v) is 9.50. The Balaban J connectivity index is 1.49. The number of anilines is 1. The van der Waals surface area contributed by atoms with Crippen LogP contribution >= 0.6 is 0 Å². The molecule has 0 aliphatic heterocycles. The lowest BCUT2D eigenvalue weighted by molar-refractivity contribution is -0.119. The van der Waals surface area contributed by atoms with Crippen LogP contribution in [0.2, 0.25) is 0 Å². The van der Waals surface area contributed by atoms with Crippen LogP contribution in [0.15, 0.2) is 48.5 Å². The molecule has 3 N–H and O–H groups in total. The molecule has 0 radical (unpaired) electrons. The second-order valence-electron chi connectivity index (χ2n) is 7.02. The first-order valence-electron chi connectivity index (χ1n) is 9.50. The lowest BCUT2D eigenvalue weighted by atomic mass is 9.84. The zero-order chi connectivity index (χ0) is 19.9. The minimum atomic E-state index is -0.540. The highest BCUT2D eigenvalue weighted by molar-refractivity contribution is 5.96. The van der Waals surface area contributed by atoms with Gasteiger partial charge in [-0.05, 0) is 60.7 Å². The maximum atomic E-state index is 12.2. The maximum absolute atomic E-state index is 12.2. The molecule has 1 aliphatic rings. The predicted octanol–water partition coefficient (Wildman–Crippen LogP) is 3.63. The molecular weight excluding hydrogens is 356 g/mol. The number of hydrogen-bond donors (Lipinski definition) is 2. The molecule has 0 atom stereocenters. The summed E-state index contributed by atoms with van der Waals surface area (Å²) in [5, 5.41) is 2.60. The van der Waals surface area contributed by atoms with Crippen molar-refractivity contribution in [3.05, 3.63) is 65.2 Å². The first kappa shape index (κ1) is 19.6. The fourth-order valence-corrected chi connectivity index (χ4v) is 3.46. The number of carbonyl (C=O) groups is 3. The lowest BCUT2D eigenvalue weighted by Crippen LogP contribution is -2.21. The number of ether oxygens (including phenoxy) is 1. The van der Waals surface area contributed by atoms with Gasteiger partial charge in [0, 0.05) is 11.3 Å². The van der Waals surface area contributed by atoms with Gasteiger partial charge in [0.05, 0.1) is 5.56 Å². The number of nitrogens with two attached hydrogens (primary N) is 1. The zero-order valence-corrected chi connectivity index (χ0v) is 15.6. The van der Waals surface area contributed by atoms with E-state index in [9.17, 15) is 14.4 Å². The third-order valence-electron chi connectivity index (χ3n) is 5.01. The molecule has 0 aromatic heterocycles. The Morgan fingerprint density at radius 3 is 2.11 bits per heavy atom. The molecule has 1 saturated carbocycles. The Morgan fingerprint density at radius 2 is 1.50 bits per heavy atom. The summed E-state index contributed by atoms with van der Waals surface area (Å²) in [5.41, 5.74) is 7.69. The van der Waals surface area contributed by atoms with E-state index >= 15 is 0 Å². The van der Waals surface area contributed by atoms with Crippen molar-refractivity contribution in [1.29, 1.82) is 0 Å². The molecular formula is C22H24N2O4. The molecule has 0 unspecified atom stereocenters. The molecule has 28 heavy (non-hydrogen) atoms. The van der Waals surface area contributed by atoms with Crippen LogP contribution < -0.4 is 11.1 Å². The number of rotatable bonds is 6. The monoisotopic (exact) mass is 380 g/mol. The van der Waals surface area contributed by atoms with Crippen LogP contribution in [0.25, 0.3) is 0 Å². The highest BCUT2D eigenvalue weighted by Crippen LogP contribution is 2.32. The van der Waals surface area contributed by atoms with Crippen molar-refractivity contribution >= 4 is 23.5 Å². The first-order chi connectivity index (χ1) is 13.5. The van der Waals surface area contributed by atoms with Gasteiger partial charge < -0.3 is 15.8 Å². The van der Waals surface area contributed by atoms with Gasteiger partial charge in [-0.25, -0.2) is 4.79 Å². The van der Waals surface area contributed by atoms with Crippen LogP contribution in [-0.2, 0) is 9.53 Å². The highest BCUT2D eigenvalue weighted by atomic mass is 16.5. The number of hydrogen-bond acceptors (Lipinski definition) is 4. The number of esters is 1. The van der Waals surface area contributed by atoms with Crippen molar-refractivity contribution in [3.63, 3.8) is 0 Å². The minimum absolute atomic E-state index is 0.348. The molecule has 2 aromatic rings. The topological polar surface area (TPSA) is 98.5 Å². The minimum Gasteiger partial charge on any atom is -0.452 e. The Kier molecular flexibility index (Phi) is 6.42. The van der Waals surface area contributed by atoms with Crippen LogP contribution in [0.5, 0.6) is 0 Å². The number of amides is 2. The highest BCUT2D eigenvalue weighted by Gasteiger charge is 2.16. The third-order valence-corrected chi connectivity index (χ3v) is 5.01. The summed E-state index contributed by atoms with van der Waals surface area (Å²) < 4.78 is 5.08. The van der Waals surface area contributed by atoms with Crippen molar-refractivity contribution in [2.75, 3.05) is 11.9 Å². The molecule has 0 spiro atoms. The molecule has 3 rings (SSSR count). The fourth-order valence-electron chi connectivity index (χ4n) is 3.46. The Hall–Kier alpha value is -3.15. The van der Waals surface area contributed by atoms with E-state index in [1.54, 1.807) is 24.3 Å². The average molecular weight is 380 g/mol. The lowest BCUT2D eigenvalue weighted by Gasteiger charge is -2.21. The summed E-state index contributed by atoms with van der Waals surface area (Å²) in [4.78, 5) is 35.1. The van der Waals surface area contributed by atoms with Gasteiger partial charge in [0.2, 0.25) is 5.91 Å². The molecule has 0 saturated heterocycles. The Labute approximate surface area is 164 Å². The molecule has 0 heterocycles. The van der Waals surface area contributed by atoms with E-state index in [4.69, 9.17) is 10.5 Å².